The van der Waals surface area contributed by atoms with Crippen LogP contribution in [0.25, 0.3) is 70.3 Å². The summed E-state index contributed by atoms with van der Waals surface area (Å²) in [5.74, 6) is 2.51. The number of hydrogen-bond acceptors (Lipinski definition) is 6. The number of hydrogen-bond donors (Lipinski definition) is 0. The molecule has 0 saturated heterocycles. The molecule has 4 aromatic heterocycles. The fourth-order valence-electron chi connectivity index (χ4n) is 8.25. The average molecular weight is 837 g/mol. The Labute approximate surface area is 373 Å². The van der Waals surface area contributed by atoms with Gasteiger partial charge in [0.2, 0.25) is 5.95 Å². The standard InChI is InChI=1S/C54H42N6S.C2H6/c1-4-5-6-9-20-37(3)52-56-53(39-21-11-7-12-22-39)58-54(57-52)59-33-17-8-10-19-36(2)50-46(59)31-30-43-41-24-13-15-26-45(41)60(51(43)50)49-28-18-23-40(55-49)34-38-29-32-48-44(35-38)42-25-14-16-27-47(42)61-48;1-2/h4-19,21-32,35H,2-3,20,33-34H2,1H3;1-2H3/b5-4-,9-6?,17-8-,19-10-;. The van der Waals surface area contributed by atoms with E-state index >= 15 is 0 Å². The van der Waals surface area contributed by atoms with Crippen LogP contribution in [0.1, 0.15) is 49.8 Å². The number of benzene rings is 5. The summed E-state index contributed by atoms with van der Waals surface area (Å²) in [4.78, 5) is 22.8. The van der Waals surface area contributed by atoms with Crippen LogP contribution in [0, 0.1) is 0 Å². The Hall–Kier alpha value is -7.48. The number of pyridine rings is 1. The van der Waals surface area contributed by atoms with Gasteiger partial charge in [0.15, 0.2) is 11.6 Å². The van der Waals surface area contributed by atoms with Crippen molar-refractivity contribution in [2.24, 2.45) is 0 Å². The second-order valence-corrected chi connectivity index (χ2v) is 16.2. The molecule has 5 aromatic carbocycles. The molecule has 0 unspecified atom stereocenters. The number of thiophene rings is 1. The van der Waals surface area contributed by atoms with E-state index in [1.807, 2.05) is 80.7 Å². The SMILES string of the molecule is C=C(CC=C/C=C\C)c1nc(-c2ccccc2)nc(N2C/C=C\C=C/C(=C)c3c2ccc2c4ccccc4n(-c4cccc(Cc5ccc6sc7ccccc7c6c5)n4)c32)n1.CC. The summed E-state index contributed by atoms with van der Waals surface area (Å²) in [7, 11) is 0. The quantitative estimate of drug-likeness (QED) is 0.136. The second-order valence-electron chi connectivity index (χ2n) is 15.1. The lowest BCUT2D eigenvalue weighted by molar-refractivity contribution is 0.937. The monoisotopic (exact) mass is 836 g/mol. The van der Waals surface area contributed by atoms with Crippen LogP contribution in [-0.2, 0) is 6.42 Å². The highest BCUT2D eigenvalue weighted by atomic mass is 32.1. The van der Waals surface area contributed by atoms with E-state index in [4.69, 9.17) is 26.5 Å². The van der Waals surface area contributed by atoms with E-state index in [0.29, 0.717) is 37.0 Å². The van der Waals surface area contributed by atoms with Gasteiger partial charge in [-0.05, 0) is 72.5 Å². The molecule has 0 aliphatic carbocycles. The maximum absolute atomic E-state index is 5.40. The second kappa shape index (κ2) is 18.2. The largest absolute Gasteiger partial charge is 0.306 e. The number of aromatic nitrogens is 5. The number of anilines is 2. The summed E-state index contributed by atoms with van der Waals surface area (Å²) in [5, 5.41) is 4.85. The van der Waals surface area contributed by atoms with Gasteiger partial charge in [0.1, 0.15) is 5.82 Å². The first-order valence-electron chi connectivity index (χ1n) is 21.5. The van der Waals surface area contributed by atoms with Crippen LogP contribution < -0.4 is 4.90 Å². The predicted molar refractivity (Wildman–Crippen MR) is 269 cm³/mol. The van der Waals surface area contributed by atoms with Crippen LogP contribution in [0.3, 0.4) is 0 Å². The number of rotatable bonds is 9. The van der Waals surface area contributed by atoms with E-state index in [2.05, 4.69) is 143 Å². The first-order valence-corrected chi connectivity index (χ1v) is 22.4. The molecular formula is C56H48N6S. The molecule has 0 fully saturated rings. The summed E-state index contributed by atoms with van der Waals surface area (Å²) in [6.45, 7) is 15.6. The van der Waals surface area contributed by atoms with Crippen molar-refractivity contribution < 1.29 is 0 Å². The molecule has 308 valence electrons. The molecule has 0 radical (unpaired) electrons. The van der Waals surface area contributed by atoms with Gasteiger partial charge in [-0.2, -0.15) is 9.97 Å². The third-order valence-corrected chi connectivity index (χ3v) is 12.3. The molecule has 63 heavy (non-hydrogen) atoms. The zero-order chi connectivity index (χ0) is 43.3. The number of nitrogens with zero attached hydrogens (tertiary/aromatic N) is 6. The van der Waals surface area contributed by atoms with E-state index in [0.717, 1.165) is 61.3 Å². The lowest BCUT2D eigenvalue weighted by Gasteiger charge is -2.26. The van der Waals surface area contributed by atoms with Crippen molar-refractivity contribution in [1.82, 2.24) is 24.5 Å². The average Bonchev–Trinajstić information content (AvgIpc) is 3.89. The van der Waals surface area contributed by atoms with Crippen LogP contribution in [0.5, 0.6) is 0 Å². The van der Waals surface area contributed by atoms with Crippen molar-refractivity contribution in [1.29, 1.82) is 0 Å². The lowest BCUT2D eigenvalue weighted by Crippen LogP contribution is -2.22. The number of para-hydroxylation sites is 1. The van der Waals surface area contributed by atoms with E-state index in [1.165, 1.54) is 25.7 Å². The first-order chi connectivity index (χ1) is 31.0. The van der Waals surface area contributed by atoms with Gasteiger partial charge in [-0.1, -0.05) is 161 Å². The molecule has 0 N–H and O–H groups in total. The van der Waals surface area contributed by atoms with Gasteiger partial charge < -0.3 is 4.90 Å². The Morgan fingerprint density at radius 1 is 0.730 bits per heavy atom. The van der Waals surface area contributed by atoms with Crippen molar-refractivity contribution in [2.75, 3.05) is 11.4 Å². The molecule has 10 rings (SSSR count). The highest BCUT2D eigenvalue weighted by Gasteiger charge is 2.25. The van der Waals surface area contributed by atoms with Crippen molar-refractivity contribution in [3.63, 3.8) is 0 Å². The Morgan fingerprint density at radius 3 is 2.38 bits per heavy atom. The van der Waals surface area contributed by atoms with Crippen LogP contribution >= 0.6 is 11.3 Å². The van der Waals surface area contributed by atoms with Gasteiger partial charge in [0, 0.05) is 60.7 Å². The molecule has 1 aliphatic rings. The molecule has 7 heteroatoms. The van der Waals surface area contributed by atoms with Crippen LogP contribution in [0.4, 0.5) is 11.6 Å². The van der Waals surface area contributed by atoms with Crippen LogP contribution in [-0.4, -0.2) is 31.0 Å². The fraction of sp³-hybridized carbons (Fsp3) is 0.107. The smallest absolute Gasteiger partial charge is 0.234 e. The van der Waals surface area contributed by atoms with E-state index in [1.54, 1.807) is 0 Å². The Morgan fingerprint density at radius 2 is 1.52 bits per heavy atom. The third kappa shape index (κ3) is 8.07. The zero-order valence-electron chi connectivity index (χ0n) is 35.9. The molecule has 6 nitrogen and oxygen atoms in total. The number of fused-ring (bicyclic) bond motifs is 8. The summed E-state index contributed by atoms with van der Waals surface area (Å²) in [6.07, 6.45) is 17.7. The van der Waals surface area contributed by atoms with Crippen molar-refractivity contribution in [3.8, 4) is 17.2 Å². The summed E-state index contributed by atoms with van der Waals surface area (Å²) >= 11 is 1.84. The number of allylic oxidation sites excluding steroid dienone is 9. The van der Waals surface area contributed by atoms with Crippen LogP contribution in [0.2, 0.25) is 0 Å². The maximum atomic E-state index is 5.40. The minimum absolute atomic E-state index is 0.513. The Balaban J connectivity index is 0.00000249. The molecule has 9 aromatic rings. The van der Waals surface area contributed by atoms with Gasteiger partial charge in [-0.3, -0.25) is 4.57 Å². The predicted octanol–water partition coefficient (Wildman–Crippen LogP) is 14.8. The fourth-order valence-corrected chi connectivity index (χ4v) is 9.33. The summed E-state index contributed by atoms with van der Waals surface area (Å²) < 4.78 is 4.91. The van der Waals surface area contributed by atoms with Gasteiger partial charge in [-0.15, -0.1) is 11.3 Å². The van der Waals surface area contributed by atoms with Gasteiger partial charge >= 0.3 is 0 Å². The minimum Gasteiger partial charge on any atom is -0.306 e. The molecule has 0 saturated carbocycles. The molecule has 5 heterocycles. The Bertz CT molecular complexity index is 3290. The molecule has 1 aliphatic heterocycles. The maximum Gasteiger partial charge on any atom is 0.234 e. The van der Waals surface area contributed by atoms with Gasteiger partial charge in [0.05, 0.1) is 16.7 Å². The molecular weight excluding hydrogens is 789 g/mol. The van der Waals surface area contributed by atoms with Gasteiger partial charge in [0.25, 0.3) is 0 Å². The minimum atomic E-state index is 0.513. The molecule has 0 amide bonds. The van der Waals surface area contributed by atoms with E-state index in [9.17, 15) is 0 Å². The highest BCUT2D eigenvalue weighted by Crippen LogP contribution is 2.43. The van der Waals surface area contributed by atoms with Gasteiger partial charge in [-0.25, -0.2) is 9.97 Å². The highest BCUT2D eigenvalue weighted by molar-refractivity contribution is 7.25. The normalized spacial score (nSPS) is 13.9. The molecule has 0 spiro atoms. The van der Waals surface area contributed by atoms with Crippen LogP contribution in [0.15, 0.2) is 189 Å². The summed E-state index contributed by atoms with van der Waals surface area (Å²) in [6, 6.07) is 44.9. The first kappa shape index (κ1) is 40.9. The van der Waals surface area contributed by atoms with Crippen molar-refractivity contribution >= 4 is 76.1 Å². The topological polar surface area (TPSA) is 59.7 Å². The lowest BCUT2D eigenvalue weighted by atomic mass is 9.99. The Kier molecular flexibility index (Phi) is 11.8. The van der Waals surface area contributed by atoms with E-state index in [-0.39, 0.29) is 0 Å². The van der Waals surface area contributed by atoms with E-state index < -0.39 is 0 Å². The zero-order valence-corrected chi connectivity index (χ0v) is 36.7. The summed E-state index contributed by atoms with van der Waals surface area (Å²) in [5.41, 5.74) is 8.80. The van der Waals surface area contributed by atoms with Crippen molar-refractivity contribution in [2.45, 2.75) is 33.6 Å². The molecule has 0 bridgehead atoms. The molecule has 0 atom stereocenters. The third-order valence-electron chi connectivity index (χ3n) is 11.1. The van der Waals surface area contributed by atoms with Crippen molar-refractivity contribution in [3.05, 3.63) is 212 Å².